The normalized spacial score (nSPS) is 18.6. The number of hydrogen-bond donors (Lipinski definition) is 2. The molecule has 2 N–H and O–H groups in total. The van der Waals surface area contributed by atoms with Crippen molar-refractivity contribution in [2.45, 2.75) is 6.54 Å². The molecular weight excluding hydrogens is 282 g/mol. The minimum Gasteiger partial charge on any atom is -0.341 e. The predicted octanol–water partition coefficient (Wildman–Crippen LogP) is 0.827. The molecule has 10 heteroatoms. The maximum atomic E-state index is 8.79. The molecular formula is C8H12ClN5O3S. The number of guanidine groups is 1. The molecule has 0 saturated carbocycles. The van der Waals surface area contributed by atoms with E-state index in [-0.39, 0.29) is 5.34 Å². The second-order valence-corrected chi connectivity index (χ2v) is 5.30. The Morgan fingerprint density at radius 2 is 2.39 bits per heavy atom. The van der Waals surface area contributed by atoms with E-state index >= 15 is 0 Å². The molecule has 0 radical (unpaired) electrons. The van der Waals surface area contributed by atoms with Crippen molar-refractivity contribution in [3.05, 3.63) is 15.5 Å². The van der Waals surface area contributed by atoms with Crippen molar-refractivity contribution < 1.29 is 15.2 Å². The van der Waals surface area contributed by atoms with Crippen molar-refractivity contribution in [3.63, 3.8) is 0 Å². The zero-order valence-electron chi connectivity index (χ0n) is 9.52. The highest BCUT2D eigenvalue weighted by molar-refractivity contribution is 7.15. The Morgan fingerprint density at radius 3 is 3.00 bits per heavy atom. The summed E-state index contributed by atoms with van der Waals surface area (Å²) in [5.74, 6) is 0.385. The molecule has 0 aliphatic carbocycles. The fraction of sp³-hybridized carbons (Fsp3) is 0.500. The lowest BCUT2D eigenvalue weighted by atomic mass is 10.5. The molecule has 0 aromatic carbocycles. The van der Waals surface area contributed by atoms with Crippen LogP contribution >= 0.6 is 22.9 Å². The van der Waals surface area contributed by atoms with E-state index in [0.717, 1.165) is 4.88 Å². The van der Waals surface area contributed by atoms with Crippen LogP contribution in [0.15, 0.2) is 11.3 Å². The molecule has 1 aromatic rings. The molecule has 1 aromatic heterocycles. The third-order valence-electron chi connectivity index (χ3n) is 2.21. The van der Waals surface area contributed by atoms with Gasteiger partial charge in [0.25, 0.3) is 0 Å². The van der Waals surface area contributed by atoms with Gasteiger partial charge in [-0.2, -0.15) is 0 Å². The minimum atomic E-state index is -0.218. The highest BCUT2D eigenvalue weighted by Gasteiger charge is 2.23. The van der Waals surface area contributed by atoms with E-state index in [4.69, 9.17) is 26.8 Å². The third kappa shape index (κ3) is 3.21. The van der Waals surface area contributed by atoms with Gasteiger partial charge in [-0.3, -0.25) is 0 Å². The van der Waals surface area contributed by atoms with Crippen molar-refractivity contribution in [1.29, 1.82) is 0 Å². The zero-order valence-corrected chi connectivity index (χ0v) is 11.1. The largest absolute Gasteiger partial charge is 0.341 e. The second-order valence-electron chi connectivity index (χ2n) is 3.61. The summed E-state index contributed by atoms with van der Waals surface area (Å²) in [5.41, 5.74) is 0. The predicted molar refractivity (Wildman–Crippen MR) is 64.1 cm³/mol. The van der Waals surface area contributed by atoms with Crippen molar-refractivity contribution in [3.8, 4) is 0 Å². The lowest BCUT2D eigenvalue weighted by Gasteiger charge is -2.36. The SMILES string of the molecule is CN1COCN(Cc2cnc(Cl)s2)/C1=N/N(O)O. The van der Waals surface area contributed by atoms with Crippen LogP contribution in [-0.2, 0) is 11.3 Å². The Kier molecular flexibility index (Phi) is 4.19. The molecule has 100 valence electrons. The number of nitrogens with zero attached hydrogens (tertiary/aromatic N) is 5. The first kappa shape index (κ1) is 13.3. The first-order valence-corrected chi connectivity index (χ1v) is 6.16. The van der Waals surface area contributed by atoms with Crippen LogP contribution in [0.3, 0.4) is 0 Å². The molecule has 1 aliphatic rings. The van der Waals surface area contributed by atoms with E-state index in [1.807, 2.05) is 0 Å². The van der Waals surface area contributed by atoms with Crippen LogP contribution in [0.1, 0.15) is 4.88 Å². The fourth-order valence-corrected chi connectivity index (χ4v) is 2.52. The molecule has 0 bridgehead atoms. The van der Waals surface area contributed by atoms with Crippen LogP contribution in [0.5, 0.6) is 0 Å². The van der Waals surface area contributed by atoms with Gasteiger partial charge in [-0.25, -0.2) is 15.4 Å². The summed E-state index contributed by atoms with van der Waals surface area (Å²) in [4.78, 5) is 8.24. The highest BCUT2D eigenvalue weighted by atomic mass is 35.5. The first-order valence-electron chi connectivity index (χ1n) is 4.97. The molecule has 0 unspecified atom stereocenters. The standard InChI is InChI=1S/C8H12ClN5O3S/c1-12-4-17-5-13(8(12)11-14(15)16)3-6-2-10-7(9)18-6/h2,15-16H,3-5H2,1H3/b11-8+. The Bertz CT molecular complexity index is 440. The van der Waals surface area contributed by atoms with E-state index < -0.39 is 0 Å². The highest BCUT2D eigenvalue weighted by Crippen LogP contribution is 2.20. The van der Waals surface area contributed by atoms with Gasteiger partial charge in [0.1, 0.15) is 13.5 Å². The van der Waals surface area contributed by atoms with Gasteiger partial charge in [-0.1, -0.05) is 16.7 Å². The van der Waals surface area contributed by atoms with Crippen molar-refractivity contribution in [2.75, 3.05) is 20.5 Å². The summed E-state index contributed by atoms with van der Waals surface area (Å²) in [5, 5.41) is 20.9. The maximum Gasteiger partial charge on any atom is 0.228 e. The number of halogens is 1. The molecule has 8 nitrogen and oxygen atoms in total. The van der Waals surface area contributed by atoms with Gasteiger partial charge >= 0.3 is 0 Å². The van der Waals surface area contributed by atoms with Gasteiger partial charge in [-0.05, 0) is 5.34 Å². The van der Waals surface area contributed by atoms with Gasteiger partial charge in [0, 0.05) is 18.1 Å². The topological polar surface area (TPSA) is 84.7 Å². The average Bonchev–Trinajstić information content (AvgIpc) is 2.69. The molecule has 2 heterocycles. The molecule has 1 aliphatic heterocycles. The number of ether oxygens (including phenoxy) is 1. The van der Waals surface area contributed by atoms with Crippen molar-refractivity contribution in [2.24, 2.45) is 5.10 Å². The zero-order chi connectivity index (χ0) is 13.1. The van der Waals surface area contributed by atoms with E-state index in [2.05, 4.69) is 10.1 Å². The molecule has 0 amide bonds. The average molecular weight is 294 g/mol. The second kappa shape index (κ2) is 5.67. The van der Waals surface area contributed by atoms with Gasteiger partial charge in [0.2, 0.25) is 5.96 Å². The Balaban J connectivity index is 2.13. The Labute approximate surface area is 112 Å². The van der Waals surface area contributed by atoms with E-state index in [1.54, 1.807) is 23.0 Å². The number of rotatable bonds is 3. The smallest absolute Gasteiger partial charge is 0.228 e. The Hall–Kier alpha value is -1.13. The van der Waals surface area contributed by atoms with Crippen LogP contribution < -0.4 is 0 Å². The van der Waals surface area contributed by atoms with E-state index in [1.165, 1.54) is 11.3 Å². The summed E-state index contributed by atoms with van der Waals surface area (Å²) in [6.07, 6.45) is 1.66. The van der Waals surface area contributed by atoms with E-state index in [0.29, 0.717) is 30.4 Å². The van der Waals surface area contributed by atoms with Crippen molar-refractivity contribution >= 4 is 28.9 Å². The number of hydrazone groups is 1. The van der Waals surface area contributed by atoms with Gasteiger partial charge in [0.15, 0.2) is 4.47 Å². The summed E-state index contributed by atoms with van der Waals surface area (Å²) >= 11 is 7.10. The summed E-state index contributed by atoms with van der Waals surface area (Å²) in [6, 6.07) is 0. The van der Waals surface area contributed by atoms with Crippen molar-refractivity contribution in [1.82, 2.24) is 20.1 Å². The summed E-state index contributed by atoms with van der Waals surface area (Å²) in [6.45, 7) is 1.10. The first-order chi connectivity index (χ1) is 8.56. The number of hydrogen-bond acceptors (Lipinski definition) is 7. The van der Waals surface area contributed by atoms with Crippen LogP contribution in [0.2, 0.25) is 4.47 Å². The van der Waals surface area contributed by atoms with Crippen LogP contribution in [0.25, 0.3) is 0 Å². The molecule has 0 spiro atoms. The molecule has 18 heavy (non-hydrogen) atoms. The van der Waals surface area contributed by atoms with Gasteiger partial charge in [-0.15, -0.1) is 11.3 Å². The monoisotopic (exact) mass is 293 g/mol. The van der Waals surface area contributed by atoms with Gasteiger partial charge in [0.05, 0.1) is 6.54 Å². The molecule has 2 rings (SSSR count). The summed E-state index contributed by atoms with van der Waals surface area (Å²) in [7, 11) is 1.73. The number of aromatic nitrogens is 1. The molecule has 1 fully saturated rings. The maximum absolute atomic E-state index is 8.79. The fourth-order valence-electron chi connectivity index (χ4n) is 1.53. The lowest BCUT2D eigenvalue weighted by Crippen LogP contribution is -2.49. The van der Waals surface area contributed by atoms with Crippen LogP contribution in [-0.4, -0.2) is 57.0 Å². The minimum absolute atomic E-state index is 0.218. The summed E-state index contributed by atoms with van der Waals surface area (Å²) < 4.78 is 5.78. The number of thiazole rings is 1. The van der Waals surface area contributed by atoms with Crippen LogP contribution in [0, 0.1) is 0 Å². The lowest BCUT2D eigenvalue weighted by molar-refractivity contribution is -0.309. The van der Waals surface area contributed by atoms with Gasteiger partial charge < -0.3 is 14.5 Å². The molecule has 1 saturated heterocycles. The molecule has 0 atom stereocenters. The Morgan fingerprint density at radius 1 is 1.61 bits per heavy atom. The third-order valence-corrected chi connectivity index (χ3v) is 3.31. The van der Waals surface area contributed by atoms with Crippen LogP contribution in [0.4, 0.5) is 0 Å². The quantitative estimate of drug-likeness (QED) is 0.798. The van der Waals surface area contributed by atoms with E-state index in [9.17, 15) is 0 Å².